The molecule has 1 atom stereocenters. The van der Waals surface area contributed by atoms with Crippen molar-refractivity contribution in [1.82, 2.24) is 4.90 Å². The second kappa shape index (κ2) is 8.25. The molecule has 0 radical (unpaired) electrons. The van der Waals surface area contributed by atoms with E-state index < -0.39 is 6.10 Å². The molecule has 1 aliphatic rings. The van der Waals surface area contributed by atoms with Gasteiger partial charge in [0.2, 0.25) is 0 Å². The van der Waals surface area contributed by atoms with Crippen LogP contribution in [-0.4, -0.2) is 35.7 Å². The third-order valence-corrected chi connectivity index (χ3v) is 4.48. The first-order chi connectivity index (χ1) is 11.3. The lowest BCUT2D eigenvalue weighted by Gasteiger charge is -2.33. The average molecular weight is 311 g/mol. The van der Waals surface area contributed by atoms with E-state index in [9.17, 15) is 5.11 Å². The predicted molar refractivity (Wildman–Crippen MR) is 92.1 cm³/mol. The van der Waals surface area contributed by atoms with E-state index in [-0.39, 0.29) is 0 Å². The van der Waals surface area contributed by atoms with Gasteiger partial charge in [0.05, 0.1) is 18.8 Å². The largest absolute Gasteiger partial charge is 0.387 e. The fraction of sp³-hybridized carbons (Fsp3) is 0.400. The number of rotatable bonds is 6. The summed E-state index contributed by atoms with van der Waals surface area (Å²) in [6.07, 6.45) is 2.00. The number of nitrogens with zero attached hydrogens (tertiary/aromatic N) is 1. The molecule has 1 aliphatic heterocycles. The van der Waals surface area contributed by atoms with Gasteiger partial charge < -0.3 is 14.7 Å². The predicted octanol–water partition coefficient (Wildman–Crippen LogP) is 3.40. The van der Waals surface area contributed by atoms with Crippen molar-refractivity contribution in [3.63, 3.8) is 0 Å². The van der Waals surface area contributed by atoms with Crippen LogP contribution in [-0.2, 0) is 11.3 Å². The van der Waals surface area contributed by atoms with Crippen LogP contribution in [0.25, 0.3) is 0 Å². The molecule has 1 N–H and O–H groups in total. The van der Waals surface area contributed by atoms with Crippen LogP contribution in [0.3, 0.4) is 0 Å². The number of hydrogen-bond donors (Lipinski definition) is 1. The van der Waals surface area contributed by atoms with Gasteiger partial charge in [0.25, 0.3) is 0 Å². The van der Waals surface area contributed by atoms with Crippen LogP contribution in [0.4, 0.5) is 0 Å². The molecule has 1 unspecified atom stereocenters. The molecular formula is C20H25NO2. The number of ether oxygens (including phenoxy) is 1. The highest BCUT2D eigenvalue weighted by Crippen LogP contribution is 2.19. The van der Waals surface area contributed by atoms with E-state index in [2.05, 4.69) is 17.0 Å². The van der Waals surface area contributed by atoms with Crippen LogP contribution in [0.5, 0.6) is 0 Å². The van der Waals surface area contributed by atoms with Crippen LogP contribution in [0.2, 0.25) is 0 Å². The monoisotopic (exact) mass is 311 g/mol. The zero-order valence-corrected chi connectivity index (χ0v) is 13.5. The number of aliphatic hydroxyl groups excluding tert-OH is 1. The van der Waals surface area contributed by atoms with Crippen molar-refractivity contribution in [2.45, 2.75) is 31.7 Å². The topological polar surface area (TPSA) is 32.7 Å². The fourth-order valence-corrected chi connectivity index (χ4v) is 3.07. The first kappa shape index (κ1) is 16.2. The summed E-state index contributed by atoms with van der Waals surface area (Å²) in [6, 6.07) is 20.2. The van der Waals surface area contributed by atoms with E-state index in [4.69, 9.17) is 4.74 Å². The quantitative estimate of drug-likeness (QED) is 0.887. The Balaban J connectivity index is 1.40. The molecule has 122 valence electrons. The maximum absolute atomic E-state index is 10.3. The lowest BCUT2D eigenvalue weighted by atomic mass is 10.0. The van der Waals surface area contributed by atoms with Gasteiger partial charge in [-0.15, -0.1) is 0 Å². The second-order valence-corrected chi connectivity index (χ2v) is 6.22. The maximum Gasteiger partial charge on any atom is 0.0916 e. The standard InChI is InChI=1S/C20H25NO2/c22-20(18-9-5-2-6-10-18)15-21-13-11-19(12-14-21)23-16-17-7-3-1-4-8-17/h1-10,19-20,22H,11-16H2. The molecule has 2 aromatic carbocycles. The number of β-amino-alcohol motifs (C(OH)–C–C–N with tert-alkyl or cyclic N) is 1. The molecule has 0 aliphatic carbocycles. The molecule has 3 rings (SSSR count). The normalized spacial score (nSPS) is 18.0. The summed E-state index contributed by atoms with van der Waals surface area (Å²) in [5, 5.41) is 10.3. The summed E-state index contributed by atoms with van der Waals surface area (Å²) in [7, 11) is 0. The molecule has 3 nitrogen and oxygen atoms in total. The number of aliphatic hydroxyl groups is 1. The highest BCUT2D eigenvalue weighted by Gasteiger charge is 2.21. The van der Waals surface area contributed by atoms with Crippen molar-refractivity contribution in [1.29, 1.82) is 0 Å². The molecule has 1 fully saturated rings. The summed E-state index contributed by atoms with van der Waals surface area (Å²) in [4.78, 5) is 2.33. The van der Waals surface area contributed by atoms with Crippen LogP contribution in [0.15, 0.2) is 60.7 Å². The van der Waals surface area contributed by atoms with Gasteiger partial charge in [-0.1, -0.05) is 60.7 Å². The molecular weight excluding hydrogens is 286 g/mol. The molecule has 3 heteroatoms. The van der Waals surface area contributed by atoms with Crippen molar-refractivity contribution in [2.24, 2.45) is 0 Å². The molecule has 0 amide bonds. The Morgan fingerprint density at radius 3 is 2.22 bits per heavy atom. The van der Waals surface area contributed by atoms with E-state index in [1.54, 1.807) is 0 Å². The summed E-state index contributed by atoms with van der Waals surface area (Å²) in [6.45, 7) is 3.38. The SMILES string of the molecule is OC(CN1CCC(OCc2ccccc2)CC1)c1ccccc1. The summed E-state index contributed by atoms with van der Waals surface area (Å²) < 4.78 is 6.02. The van der Waals surface area contributed by atoms with E-state index in [1.807, 2.05) is 48.5 Å². The Bertz CT molecular complexity index is 565. The minimum atomic E-state index is -0.405. The third kappa shape index (κ3) is 4.90. The Morgan fingerprint density at radius 1 is 0.957 bits per heavy atom. The number of hydrogen-bond acceptors (Lipinski definition) is 3. The summed E-state index contributed by atoms with van der Waals surface area (Å²) >= 11 is 0. The number of likely N-dealkylation sites (tertiary alicyclic amines) is 1. The second-order valence-electron chi connectivity index (χ2n) is 6.22. The molecule has 1 heterocycles. The molecule has 1 saturated heterocycles. The Morgan fingerprint density at radius 2 is 1.57 bits per heavy atom. The maximum atomic E-state index is 10.3. The van der Waals surface area contributed by atoms with Crippen molar-refractivity contribution < 1.29 is 9.84 Å². The van der Waals surface area contributed by atoms with Crippen LogP contribution >= 0.6 is 0 Å². The molecule has 2 aromatic rings. The minimum absolute atomic E-state index is 0.334. The van der Waals surface area contributed by atoms with E-state index in [0.717, 1.165) is 31.5 Å². The first-order valence-electron chi connectivity index (χ1n) is 8.42. The van der Waals surface area contributed by atoms with E-state index in [0.29, 0.717) is 19.3 Å². The molecule has 0 spiro atoms. The van der Waals surface area contributed by atoms with Crippen LogP contribution < -0.4 is 0 Å². The van der Waals surface area contributed by atoms with E-state index >= 15 is 0 Å². The Labute approximate surface area is 138 Å². The average Bonchev–Trinajstić information content (AvgIpc) is 2.63. The Kier molecular flexibility index (Phi) is 5.81. The Hall–Kier alpha value is -1.68. The van der Waals surface area contributed by atoms with Gasteiger partial charge in [-0.2, -0.15) is 0 Å². The van der Waals surface area contributed by atoms with Gasteiger partial charge in [-0.05, 0) is 24.0 Å². The summed E-state index contributed by atoms with van der Waals surface area (Å²) in [5.74, 6) is 0. The van der Waals surface area contributed by atoms with Crippen molar-refractivity contribution in [3.8, 4) is 0 Å². The van der Waals surface area contributed by atoms with Gasteiger partial charge in [0.1, 0.15) is 0 Å². The fourth-order valence-electron chi connectivity index (χ4n) is 3.07. The molecule has 0 saturated carbocycles. The highest BCUT2D eigenvalue weighted by atomic mass is 16.5. The van der Waals surface area contributed by atoms with Gasteiger partial charge in [-0.25, -0.2) is 0 Å². The zero-order chi connectivity index (χ0) is 15.9. The summed E-state index contributed by atoms with van der Waals surface area (Å²) in [5.41, 5.74) is 2.23. The molecule has 0 aromatic heterocycles. The van der Waals surface area contributed by atoms with Gasteiger partial charge >= 0.3 is 0 Å². The molecule has 23 heavy (non-hydrogen) atoms. The molecule has 0 bridgehead atoms. The van der Waals surface area contributed by atoms with Gasteiger partial charge in [0.15, 0.2) is 0 Å². The van der Waals surface area contributed by atoms with Crippen LogP contribution in [0, 0.1) is 0 Å². The highest BCUT2D eigenvalue weighted by molar-refractivity contribution is 5.17. The number of piperidine rings is 1. The third-order valence-electron chi connectivity index (χ3n) is 4.48. The lowest BCUT2D eigenvalue weighted by Crippen LogP contribution is -2.39. The van der Waals surface area contributed by atoms with E-state index in [1.165, 1.54) is 5.56 Å². The van der Waals surface area contributed by atoms with Crippen molar-refractivity contribution >= 4 is 0 Å². The minimum Gasteiger partial charge on any atom is -0.387 e. The van der Waals surface area contributed by atoms with Gasteiger partial charge in [-0.3, -0.25) is 0 Å². The van der Waals surface area contributed by atoms with Crippen molar-refractivity contribution in [3.05, 3.63) is 71.8 Å². The van der Waals surface area contributed by atoms with Crippen LogP contribution in [0.1, 0.15) is 30.1 Å². The smallest absolute Gasteiger partial charge is 0.0916 e. The van der Waals surface area contributed by atoms with Crippen molar-refractivity contribution in [2.75, 3.05) is 19.6 Å². The number of benzene rings is 2. The van der Waals surface area contributed by atoms with Gasteiger partial charge in [0, 0.05) is 19.6 Å². The lowest BCUT2D eigenvalue weighted by molar-refractivity contribution is -0.0109. The first-order valence-corrected chi connectivity index (χ1v) is 8.42. The zero-order valence-electron chi connectivity index (χ0n) is 13.5.